The summed E-state index contributed by atoms with van der Waals surface area (Å²) in [5.41, 5.74) is -0.196. The minimum Gasteiger partial charge on any atom is -0.321 e. The number of amides is 1. The summed E-state index contributed by atoms with van der Waals surface area (Å²) in [6.45, 7) is 0. The summed E-state index contributed by atoms with van der Waals surface area (Å²) < 4.78 is 38.9. The normalized spacial score (nSPS) is 10.3. The Bertz CT molecular complexity index is 646. The van der Waals surface area contributed by atoms with E-state index in [2.05, 4.69) is 5.32 Å². The molecule has 0 spiro atoms. The number of halogens is 4. The third kappa shape index (κ3) is 3.06. The van der Waals surface area contributed by atoms with Crippen molar-refractivity contribution in [2.45, 2.75) is 0 Å². The van der Waals surface area contributed by atoms with E-state index in [0.29, 0.717) is 6.07 Å². The summed E-state index contributed by atoms with van der Waals surface area (Å²) in [6, 6.07) is 5.93. The number of benzene rings is 2. The van der Waals surface area contributed by atoms with E-state index in [4.69, 9.17) is 11.6 Å². The molecule has 1 N–H and O–H groups in total. The minimum atomic E-state index is -0.990. The molecule has 0 unspecified atom stereocenters. The maximum absolute atomic E-state index is 13.4. The zero-order chi connectivity index (χ0) is 14.0. The van der Waals surface area contributed by atoms with Crippen LogP contribution < -0.4 is 5.32 Å². The summed E-state index contributed by atoms with van der Waals surface area (Å²) >= 11 is 5.72. The van der Waals surface area contributed by atoms with Gasteiger partial charge in [0.2, 0.25) is 0 Å². The Hall–Kier alpha value is -2.01. The maximum atomic E-state index is 13.4. The van der Waals surface area contributed by atoms with Crippen LogP contribution in [0.25, 0.3) is 0 Å². The second kappa shape index (κ2) is 5.32. The van der Waals surface area contributed by atoms with E-state index in [-0.39, 0.29) is 16.3 Å². The SMILES string of the molecule is O=C(Nc1ccc(F)cc1Cl)c1ccc(F)cc1F. The van der Waals surface area contributed by atoms with Crippen LogP contribution >= 0.6 is 11.6 Å². The van der Waals surface area contributed by atoms with E-state index >= 15 is 0 Å². The fourth-order valence-corrected chi connectivity index (χ4v) is 1.67. The molecule has 2 nitrogen and oxygen atoms in total. The van der Waals surface area contributed by atoms with Gasteiger partial charge in [-0.05, 0) is 30.3 Å². The van der Waals surface area contributed by atoms with Gasteiger partial charge in [-0.15, -0.1) is 0 Å². The Labute approximate surface area is 111 Å². The Morgan fingerprint density at radius 2 is 1.63 bits per heavy atom. The molecule has 19 heavy (non-hydrogen) atoms. The van der Waals surface area contributed by atoms with Gasteiger partial charge in [-0.1, -0.05) is 11.6 Å². The van der Waals surface area contributed by atoms with Gasteiger partial charge in [-0.3, -0.25) is 4.79 Å². The number of carbonyl (C=O) groups is 1. The van der Waals surface area contributed by atoms with E-state index in [9.17, 15) is 18.0 Å². The molecule has 0 saturated carbocycles. The Morgan fingerprint density at radius 1 is 1.00 bits per heavy atom. The predicted octanol–water partition coefficient (Wildman–Crippen LogP) is 4.01. The Morgan fingerprint density at radius 3 is 2.26 bits per heavy atom. The molecule has 0 aliphatic rings. The number of carbonyl (C=O) groups excluding carboxylic acids is 1. The van der Waals surface area contributed by atoms with Gasteiger partial charge in [0.25, 0.3) is 5.91 Å². The van der Waals surface area contributed by atoms with Gasteiger partial charge in [0.15, 0.2) is 0 Å². The van der Waals surface area contributed by atoms with Gasteiger partial charge in [0, 0.05) is 6.07 Å². The van der Waals surface area contributed by atoms with Crippen molar-refractivity contribution in [2.24, 2.45) is 0 Å². The van der Waals surface area contributed by atoms with Gasteiger partial charge < -0.3 is 5.32 Å². The zero-order valence-corrected chi connectivity index (χ0v) is 10.1. The summed E-state index contributed by atoms with van der Waals surface area (Å²) in [4.78, 5) is 11.8. The fraction of sp³-hybridized carbons (Fsp3) is 0. The van der Waals surface area contributed by atoms with E-state index < -0.39 is 23.4 Å². The molecule has 1 amide bonds. The zero-order valence-electron chi connectivity index (χ0n) is 9.38. The molecule has 0 bridgehead atoms. The van der Waals surface area contributed by atoms with E-state index in [0.717, 1.165) is 24.3 Å². The first-order valence-electron chi connectivity index (χ1n) is 5.19. The minimum absolute atomic E-state index is 0.0177. The fourth-order valence-electron chi connectivity index (χ4n) is 1.45. The van der Waals surface area contributed by atoms with Crippen LogP contribution in [0.4, 0.5) is 18.9 Å². The lowest BCUT2D eigenvalue weighted by Crippen LogP contribution is -2.14. The van der Waals surface area contributed by atoms with Gasteiger partial charge in [0.1, 0.15) is 17.5 Å². The Balaban J connectivity index is 2.25. The molecule has 98 valence electrons. The van der Waals surface area contributed by atoms with Crippen LogP contribution in [0.5, 0.6) is 0 Å². The van der Waals surface area contributed by atoms with Gasteiger partial charge in [-0.2, -0.15) is 0 Å². The molecule has 0 radical (unpaired) electrons. The third-order valence-corrected chi connectivity index (χ3v) is 2.67. The molecule has 0 atom stereocenters. The lowest BCUT2D eigenvalue weighted by molar-refractivity contribution is 0.102. The molecule has 6 heteroatoms. The van der Waals surface area contributed by atoms with Crippen molar-refractivity contribution in [3.05, 3.63) is 64.4 Å². The quantitative estimate of drug-likeness (QED) is 0.887. The lowest BCUT2D eigenvalue weighted by Gasteiger charge is -2.08. The average molecular weight is 286 g/mol. The van der Waals surface area contributed by atoms with Gasteiger partial charge >= 0.3 is 0 Å². The van der Waals surface area contributed by atoms with Crippen LogP contribution in [0.3, 0.4) is 0 Å². The smallest absolute Gasteiger partial charge is 0.258 e. The van der Waals surface area contributed by atoms with Crippen molar-refractivity contribution in [3.63, 3.8) is 0 Å². The molecule has 0 aromatic heterocycles. The lowest BCUT2D eigenvalue weighted by atomic mass is 10.2. The van der Waals surface area contributed by atoms with Crippen LogP contribution in [-0.2, 0) is 0 Å². The van der Waals surface area contributed by atoms with Gasteiger partial charge in [-0.25, -0.2) is 13.2 Å². The number of hydrogen-bond acceptors (Lipinski definition) is 1. The van der Waals surface area contributed by atoms with Gasteiger partial charge in [0.05, 0.1) is 16.3 Å². The molecule has 2 aromatic rings. The highest BCUT2D eigenvalue weighted by molar-refractivity contribution is 6.33. The highest BCUT2D eigenvalue weighted by Gasteiger charge is 2.14. The summed E-state index contributed by atoms with van der Waals surface area (Å²) in [7, 11) is 0. The van der Waals surface area contributed by atoms with Crippen LogP contribution in [0.2, 0.25) is 5.02 Å². The average Bonchev–Trinajstić information content (AvgIpc) is 2.32. The first kappa shape index (κ1) is 13.4. The van der Waals surface area contributed by atoms with Crippen molar-refractivity contribution in [1.82, 2.24) is 0 Å². The molecule has 2 rings (SSSR count). The number of hydrogen-bond donors (Lipinski definition) is 1. The first-order chi connectivity index (χ1) is 8.97. The monoisotopic (exact) mass is 285 g/mol. The highest BCUT2D eigenvalue weighted by Crippen LogP contribution is 2.23. The molecule has 0 saturated heterocycles. The molecular formula is C13H7ClF3NO. The molecule has 2 aromatic carbocycles. The van der Waals surface area contributed by atoms with Crippen molar-refractivity contribution in [3.8, 4) is 0 Å². The number of nitrogens with one attached hydrogen (secondary N) is 1. The highest BCUT2D eigenvalue weighted by atomic mass is 35.5. The van der Waals surface area contributed by atoms with E-state index in [1.807, 2.05) is 0 Å². The second-order valence-electron chi connectivity index (χ2n) is 3.70. The summed E-state index contributed by atoms with van der Waals surface area (Å²) in [5.74, 6) is -3.13. The standard InChI is InChI=1S/C13H7ClF3NO/c14-10-5-7(15)2-4-12(10)18-13(19)9-3-1-8(16)6-11(9)17/h1-6H,(H,18,19). The van der Waals surface area contributed by atoms with Crippen LogP contribution in [0.15, 0.2) is 36.4 Å². The van der Waals surface area contributed by atoms with Crippen molar-refractivity contribution in [1.29, 1.82) is 0 Å². The van der Waals surface area contributed by atoms with E-state index in [1.54, 1.807) is 0 Å². The number of rotatable bonds is 2. The van der Waals surface area contributed by atoms with E-state index in [1.165, 1.54) is 6.07 Å². The summed E-state index contributed by atoms with van der Waals surface area (Å²) in [6.07, 6.45) is 0. The molecule has 0 aliphatic heterocycles. The van der Waals surface area contributed by atoms with Crippen molar-refractivity contribution < 1.29 is 18.0 Å². The van der Waals surface area contributed by atoms with Crippen molar-refractivity contribution in [2.75, 3.05) is 5.32 Å². The van der Waals surface area contributed by atoms with Crippen LogP contribution in [-0.4, -0.2) is 5.91 Å². The first-order valence-corrected chi connectivity index (χ1v) is 5.56. The molecule has 0 fully saturated rings. The van der Waals surface area contributed by atoms with Crippen molar-refractivity contribution >= 4 is 23.2 Å². The third-order valence-electron chi connectivity index (χ3n) is 2.36. The molecular weight excluding hydrogens is 279 g/mol. The van der Waals surface area contributed by atoms with Crippen LogP contribution in [0.1, 0.15) is 10.4 Å². The maximum Gasteiger partial charge on any atom is 0.258 e. The molecule has 0 aliphatic carbocycles. The summed E-state index contributed by atoms with van der Waals surface area (Å²) in [5, 5.41) is 2.30. The second-order valence-corrected chi connectivity index (χ2v) is 4.11. The largest absolute Gasteiger partial charge is 0.321 e. The predicted molar refractivity (Wildman–Crippen MR) is 65.7 cm³/mol. The molecule has 0 heterocycles. The number of anilines is 1. The van der Waals surface area contributed by atoms with Crippen LogP contribution in [0, 0.1) is 17.5 Å². The topological polar surface area (TPSA) is 29.1 Å². The Kier molecular flexibility index (Phi) is 3.76.